The first-order chi connectivity index (χ1) is 13.4. The molecule has 1 aliphatic carbocycles. The van der Waals surface area contributed by atoms with E-state index < -0.39 is 5.91 Å². The van der Waals surface area contributed by atoms with Gasteiger partial charge < -0.3 is 4.90 Å². The van der Waals surface area contributed by atoms with Gasteiger partial charge in [0.1, 0.15) is 0 Å². The number of piperidine rings is 1. The van der Waals surface area contributed by atoms with E-state index in [9.17, 15) is 4.79 Å². The SMILES string of the molecule is C=C(C)N1CCC2(CC1)CC(N1Cc3cc(C(=O)NO)cnc3C[C@H]1CC)C2. The van der Waals surface area contributed by atoms with Crippen LogP contribution in [-0.4, -0.2) is 51.1 Å². The van der Waals surface area contributed by atoms with Gasteiger partial charge in [-0.05, 0) is 56.1 Å². The van der Waals surface area contributed by atoms with Crippen molar-refractivity contribution >= 4 is 5.91 Å². The highest BCUT2D eigenvalue weighted by Gasteiger charge is 2.49. The molecule has 3 aliphatic rings. The number of aromatic nitrogens is 1. The molecule has 1 amide bonds. The fraction of sp³-hybridized carbons (Fsp3) is 0.636. The molecule has 1 atom stereocenters. The van der Waals surface area contributed by atoms with Gasteiger partial charge in [0.2, 0.25) is 0 Å². The highest BCUT2D eigenvalue weighted by molar-refractivity contribution is 5.93. The number of likely N-dealkylation sites (tertiary alicyclic amines) is 1. The minimum Gasteiger partial charge on any atom is -0.375 e. The first-order valence-electron chi connectivity index (χ1n) is 10.5. The Labute approximate surface area is 167 Å². The molecular formula is C22H32N4O2. The summed E-state index contributed by atoms with van der Waals surface area (Å²) < 4.78 is 0. The average Bonchev–Trinajstić information content (AvgIpc) is 2.69. The van der Waals surface area contributed by atoms with Crippen LogP contribution in [0, 0.1) is 5.41 Å². The fourth-order valence-electron chi connectivity index (χ4n) is 5.47. The highest BCUT2D eigenvalue weighted by Crippen LogP contribution is 2.52. The summed E-state index contributed by atoms with van der Waals surface area (Å²) in [5.41, 5.74) is 6.08. The van der Waals surface area contributed by atoms with Crippen molar-refractivity contribution in [3.63, 3.8) is 0 Å². The molecule has 0 aromatic carbocycles. The lowest BCUT2D eigenvalue weighted by atomic mass is 9.59. The largest absolute Gasteiger partial charge is 0.375 e. The van der Waals surface area contributed by atoms with E-state index in [-0.39, 0.29) is 0 Å². The minimum atomic E-state index is -0.494. The van der Waals surface area contributed by atoms with Crippen LogP contribution in [0.3, 0.4) is 0 Å². The number of amides is 1. The van der Waals surface area contributed by atoms with Gasteiger partial charge in [0.25, 0.3) is 5.91 Å². The molecule has 1 aromatic rings. The number of carbonyl (C=O) groups excluding carboxylic acids is 1. The molecule has 6 heteroatoms. The lowest BCUT2D eigenvalue weighted by molar-refractivity contribution is -0.0601. The van der Waals surface area contributed by atoms with Gasteiger partial charge >= 0.3 is 0 Å². The summed E-state index contributed by atoms with van der Waals surface area (Å²) in [4.78, 5) is 21.3. The summed E-state index contributed by atoms with van der Waals surface area (Å²) in [7, 11) is 0. The van der Waals surface area contributed by atoms with Gasteiger partial charge in [0.15, 0.2) is 0 Å². The summed E-state index contributed by atoms with van der Waals surface area (Å²) in [6.07, 6.45) is 8.76. The smallest absolute Gasteiger partial charge is 0.276 e. The molecule has 2 N–H and O–H groups in total. The molecule has 1 spiro atoms. The van der Waals surface area contributed by atoms with Gasteiger partial charge in [-0.3, -0.25) is 19.9 Å². The Bertz CT molecular complexity index is 762. The van der Waals surface area contributed by atoms with Crippen molar-refractivity contribution in [2.24, 2.45) is 5.41 Å². The Hall–Kier alpha value is -1.92. The molecule has 1 saturated carbocycles. The second kappa shape index (κ2) is 7.48. The van der Waals surface area contributed by atoms with Crippen molar-refractivity contribution in [1.82, 2.24) is 20.3 Å². The van der Waals surface area contributed by atoms with Crippen LogP contribution in [0.4, 0.5) is 0 Å². The number of nitrogens with zero attached hydrogens (tertiary/aromatic N) is 3. The number of rotatable bonds is 4. The Morgan fingerprint density at radius 2 is 2.11 bits per heavy atom. The van der Waals surface area contributed by atoms with Crippen LogP contribution in [-0.2, 0) is 13.0 Å². The number of allylic oxidation sites excluding steroid dienone is 1. The van der Waals surface area contributed by atoms with Crippen LogP contribution in [0.2, 0.25) is 0 Å². The maximum atomic E-state index is 11.8. The maximum absolute atomic E-state index is 11.8. The Morgan fingerprint density at radius 1 is 1.39 bits per heavy atom. The van der Waals surface area contributed by atoms with E-state index >= 15 is 0 Å². The summed E-state index contributed by atoms with van der Waals surface area (Å²) in [6.45, 7) is 11.6. The normalized spacial score (nSPS) is 24.5. The number of nitrogens with one attached hydrogen (secondary N) is 1. The lowest BCUT2D eigenvalue weighted by Gasteiger charge is -2.57. The summed E-state index contributed by atoms with van der Waals surface area (Å²) in [5, 5.41) is 8.91. The second-order valence-corrected chi connectivity index (χ2v) is 8.99. The Morgan fingerprint density at radius 3 is 2.71 bits per heavy atom. The van der Waals surface area contributed by atoms with Crippen LogP contribution in [0.25, 0.3) is 0 Å². The maximum Gasteiger partial charge on any atom is 0.276 e. The van der Waals surface area contributed by atoms with Gasteiger partial charge in [-0.25, -0.2) is 5.48 Å². The summed E-state index contributed by atoms with van der Waals surface area (Å²) in [6, 6.07) is 3.05. The van der Waals surface area contributed by atoms with Crippen LogP contribution in [0.5, 0.6) is 0 Å². The minimum absolute atomic E-state index is 0.424. The topological polar surface area (TPSA) is 68.7 Å². The third kappa shape index (κ3) is 3.44. The molecule has 28 heavy (non-hydrogen) atoms. The van der Waals surface area contributed by atoms with Crippen molar-refractivity contribution in [2.45, 2.75) is 71.0 Å². The van der Waals surface area contributed by atoms with E-state index in [0.717, 1.165) is 43.7 Å². The molecule has 6 nitrogen and oxygen atoms in total. The molecule has 3 heterocycles. The molecule has 2 fully saturated rings. The number of fused-ring (bicyclic) bond motifs is 1. The predicted octanol–water partition coefficient (Wildman–Crippen LogP) is 3.12. The van der Waals surface area contributed by atoms with Gasteiger partial charge in [-0.15, -0.1) is 0 Å². The zero-order valence-electron chi connectivity index (χ0n) is 17.1. The quantitative estimate of drug-likeness (QED) is 0.617. The van der Waals surface area contributed by atoms with E-state index in [0.29, 0.717) is 23.1 Å². The third-order valence-corrected chi connectivity index (χ3v) is 7.32. The number of hydrogen-bond acceptors (Lipinski definition) is 5. The fourth-order valence-corrected chi connectivity index (χ4v) is 5.47. The first-order valence-corrected chi connectivity index (χ1v) is 10.5. The molecule has 0 bridgehead atoms. The molecule has 4 rings (SSSR count). The van der Waals surface area contributed by atoms with E-state index in [4.69, 9.17) is 5.21 Å². The molecule has 2 aliphatic heterocycles. The molecule has 1 saturated heterocycles. The van der Waals surface area contributed by atoms with Crippen LogP contribution < -0.4 is 5.48 Å². The van der Waals surface area contributed by atoms with Crippen molar-refractivity contribution in [3.8, 4) is 0 Å². The van der Waals surface area contributed by atoms with Crippen LogP contribution in [0.1, 0.15) is 67.6 Å². The molecule has 0 unspecified atom stereocenters. The molecule has 0 radical (unpaired) electrons. The third-order valence-electron chi connectivity index (χ3n) is 7.32. The summed E-state index contributed by atoms with van der Waals surface area (Å²) >= 11 is 0. The molecule has 152 valence electrons. The van der Waals surface area contributed by atoms with Crippen LogP contribution >= 0.6 is 0 Å². The average molecular weight is 385 g/mol. The molecular weight excluding hydrogens is 352 g/mol. The van der Waals surface area contributed by atoms with Gasteiger partial charge in [0, 0.05) is 55.7 Å². The molecule has 1 aromatic heterocycles. The van der Waals surface area contributed by atoms with E-state index in [2.05, 4.69) is 35.2 Å². The number of carbonyl (C=O) groups is 1. The van der Waals surface area contributed by atoms with E-state index in [1.54, 1.807) is 11.7 Å². The Kier molecular flexibility index (Phi) is 5.19. The number of hydroxylamine groups is 1. The van der Waals surface area contributed by atoms with Crippen molar-refractivity contribution < 1.29 is 10.0 Å². The number of hydrogen-bond donors (Lipinski definition) is 2. The standard InChI is InChI=1S/C22H32N4O2/c1-4-18-10-20-17(9-16(13-23-20)21(27)24-28)14-26(18)19-11-22(12-19)5-7-25(8-6-22)15(2)3/h9,13,18-19,28H,2,4-8,10-12,14H2,1,3H3,(H,24,27)/t18-/m1/s1. The predicted molar refractivity (Wildman–Crippen MR) is 108 cm³/mol. The van der Waals surface area contributed by atoms with Gasteiger partial charge in [-0.1, -0.05) is 13.5 Å². The second-order valence-electron chi connectivity index (χ2n) is 8.99. The highest BCUT2D eigenvalue weighted by atomic mass is 16.5. The summed E-state index contributed by atoms with van der Waals surface area (Å²) in [5.74, 6) is -0.494. The Balaban J connectivity index is 1.44. The van der Waals surface area contributed by atoms with Crippen LogP contribution in [0.15, 0.2) is 24.5 Å². The van der Waals surface area contributed by atoms with Gasteiger partial charge in [-0.2, -0.15) is 0 Å². The number of pyridine rings is 1. The van der Waals surface area contributed by atoms with Crippen molar-refractivity contribution in [2.75, 3.05) is 13.1 Å². The van der Waals surface area contributed by atoms with Crippen molar-refractivity contribution in [3.05, 3.63) is 41.4 Å². The zero-order chi connectivity index (χ0) is 19.9. The van der Waals surface area contributed by atoms with Crippen molar-refractivity contribution in [1.29, 1.82) is 0 Å². The van der Waals surface area contributed by atoms with E-state index in [1.807, 2.05) is 6.07 Å². The lowest BCUT2D eigenvalue weighted by Crippen LogP contribution is -2.58. The monoisotopic (exact) mass is 384 g/mol. The van der Waals surface area contributed by atoms with E-state index in [1.165, 1.54) is 31.4 Å². The first kappa shape index (κ1) is 19.4. The zero-order valence-corrected chi connectivity index (χ0v) is 17.1. The van der Waals surface area contributed by atoms with Gasteiger partial charge in [0.05, 0.1) is 5.56 Å².